The molecule has 0 fully saturated rings. The van der Waals surface area contributed by atoms with E-state index in [0.29, 0.717) is 21.7 Å². The van der Waals surface area contributed by atoms with Gasteiger partial charge in [-0.15, -0.1) is 11.8 Å². The molecule has 1 N–H and O–H groups in total. The number of nitrogens with one attached hydrogen (secondary N) is 1. The van der Waals surface area contributed by atoms with Crippen molar-refractivity contribution in [3.05, 3.63) is 92.1 Å². The van der Waals surface area contributed by atoms with E-state index in [-0.39, 0.29) is 5.55 Å². The number of rotatable bonds is 3. The van der Waals surface area contributed by atoms with Crippen LogP contribution >= 0.6 is 11.8 Å². The van der Waals surface area contributed by atoms with E-state index in [1.807, 2.05) is 60.9 Å². The maximum atomic E-state index is 12.3. The van der Waals surface area contributed by atoms with Gasteiger partial charge in [0, 0.05) is 10.5 Å². The van der Waals surface area contributed by atoms with E-state index in [9.17, 15) is 4.79 Å². The molecule has 0 atom stereocenters. The van der Waals surface area contributed by atoms with Crippen LogP contribution in [0.1, 0.15) is 5.56 Å². The van der Waals surface area contributed by atoms with Gasteiger partial charge in [-0.2, -0.15) is 0 Å². The highest BCUT2D eigenvalue weighted by molar-refractivity contribution is 7.98. The van der Waals surface area contributed by atoms with Gasteiger partial charge < -0.3 is 13.9 Å². The molecule has 0 saturated carbocycles. The Morgan fingerprint density at radius 3 is 2.56 bits per heavy atom. The van der Waals surface area contributed by atoms with Crippen molar-refractivity contribution in [3.8, 4) is 11.3 Å². The summed E-state index contributed by atoms with van der Waals surface area (Å²) in [6.07, 6.45) is 3.77. The second kappa shape index (κ2) is 7.17. The van der Waals surface area contributed by atoms with E-state index in [1.54, 1.807) is 17.8 Å². The van der Waals surface area contributed by atoms with Crippen molar-refractivity contribution < 1.29 is 8.94 Å². The molecule has 6 heteroatoms. The molecule has 0 saturated heterocycles. The summed E-state index contributed by atoms with van der Waals surface area (Å²) >= 11 is 1.66. The summed E-state index contributed by atoms with van der Waals surface area (Å²) in [7, 11) is 0. The Hall–Kier alpha value is -3.25. The van der Waals surface area contributed by atoms with Crippen LogP contribution in [-0.4, -0.2) is 16.4 Å². The van der Waals surface area contributed by atoms with Gasteiger partial charge in [0.2, 0.25) is 5.55 Å². The number of benzene rings is 2. The minimum Gasteiger partial charge on any atom is -0.404 e. The van der Waals surface area contributed by atoms with E-state index in [2.05, 4.69) is 16.7 Å². The van der Waals surface area contributed by atoms with Crippen LogP contribution in [0.25, 0.3) is 23.9 Å². The van der Waals surface area contributed by atoms with E-state index in [0.717, 1.165) is 16.0 Å². The predicted molar refractivity (Wildman–Crippen MR) is 106 cm³/mol. The average Bonchev–Trinajstić information content (AvgIpc) is 3.25. The summed E-state index contributed by atoms with van der Waals surface area (Å²) in [5, 5.41) is 4.96. The van der Waals surface area contributed by atoms with Crippen LogP contribution in [-0.2, 0) is 0 Å². The first kappa shape index (κ1) is 17.2. The maximum Gasteiger partial charge on any atom is 0.361 e. The molecule has 2 heterocycles. The van der Waals surface area contributed by atoms with Gasteiger partial charge in [-0.1, -0.05) is 54.2 Å². The first-order valence-electron chi connectivity index (χ1n) is 8.25. The highest BCUT2D eigenvalue weighted by Crippen LogP contribution is 2.16. The Morgan fingerprint density at radius 2 is 1.85 bits per heavy atom. The first-order valence-corrected chi connectivity index (χ1v) is 9.47. The normalized spacial score (nSPS) is 13.1. The van der Waals surface area contributed by atoms with E-state index in [4.69, 9.17) is 8.94 Å². The zero-order chi connectivity index (χ0) is 18.8. The molecule has 0 aliphatic rings. The third-order valence-electron chi connectivity index (χ3n) is 4.13. The third-order valence-corrected chi connectivity index (χ3v) is 4.87. The lowest BCUT2D eigenvalue weighted by Gasteiger charge is -1.95. The molecular formula is C21H16N2O3S. The van der Waals surface area contributed by atoms with Gasteiger partial charge in [0.05, 0.1) is 0 Å². The molecule has 4 aromatic rings. The Labute approximate surface area is 158 Å². The number of H-pyrrole nitrogens is 1. The Kier molecular flexibility index (Phi) is 4.56. The van der Waals surface area contributed by atoms with Crippen LogP contribution < -0.4 is 16.4 Å². The fourth-order valence-corrected chi connectivity index (χ4v) is 3.18. The summed E-state index contributed by atoms with van der Waals surface area (Å²) < 4.78 is 10.7. The fourth-order valence-electron chi connectivity index (χ4n) is 2.77. The van der Waals surface area contributed by atoms with E-state index in [1.165, 1.54) is 0 Å². The second-order valence-corrected chi connectivity index (χ2v) is 6.75. The Bertz CT molecular complexity index is 1330. The zero-order valence-electron chi connectivity index (χ0n) is 14.6. The van der Waals surface area contributed by atoms with Gasteiger partial charge >= 0.3 is 5.63 Å². The minimum atomic E-state index is -0.460. The molecule has 2 aromatic heterocycles. The molecule has 0 amide bonds. The average molecular weight is 376 g/mol. The van der Waals surface area contributed by atoms with Gasteiger partial charge in [-0.3, -0.25) is 0 Å². The number of oxazole rings is 1. The number of aromatic nitrogens is 2. The van der Waals surface area contributed by atoms with Crippen molar-refractivity contribution in [2.45, 2.75) is 4.90 Å². The quantitative estimate of drug-likeness (QED) is 0.557. The third kappa shape index (κ3) is 3.39. The Morgan fingerprint density at radius 1 is 1.11 bits per heavy atom. The maximum absolute atomic E-state index is 12.3. The second-order valence-electron chi connectivity index (χ2n) is 5.87. The predicted octanol–water partition coefficient (Wildman–Crippen LogP) is 2.87. The summed E-state index contributed by atoms with van der Waals surface area (Å²) in [4.78, 5) is 16.5. The van der Waals surface area contributed by atoms with Crippen molar-refractivity contribution >= 4 is 24.4 Å². The van der Waals surface area contributed by atoms with Crippen LogP contribution in [0.2, 0.25) is 0 Å². The smallest absolute Gasteiger partial charge is 0.361 e. The molecule has 2 aromatic carbocycles. The van der Waals surface area contributed by atoms with Crippen molar-refractivity contribution in [1.82, 2.24) is 10.1 Å². The van der Waals surface area contributed by atoms with Crippen LogP contribution in [0.15, 0.2) is 73.2 Å². The molecule has 4 rings (SSSR count). The minimum absolute atomic E-state index is 0.275. The van der Waals surface area contributed by atoms with Gasteiger partial charge in [-0.05, 0) is 30.0 Å². The van der Waals surface area contributed by atoms with Crippen molar-refractivity contribution in [2.24, 2.45) is 0 Å². The van der Waals surface area contributed by atoms with Crippen LogP contribution in [0.3, 0.4) is 0 Å². The van der Waals surface area contributed by atoms with E-state index < -0.39 is 5.63 Å². The van der Waals surface area contributed by atoms with Crippen LogP contribution in [0.4, 0.5) is 0 Å². The topological polar surface area (TPSA) is 72.0 Å². The summed E-state index contributed by atoms with van der Waals surface area (Å²) in [6.45, 7) is 3.86. The SMILES string of the molecule is C=c1onc(-c2ccccc2)c1=c1[nH]/c(=C\c2ccc(SC)cc2)c(=O)o1. The van der Waals surface area contributed by atoms with Crippen LogP contribution in [0, 0.1) is 10.8 Å². The zero-order valence-corrected chi connectivity index (χ0v) is 15.4. The molecule has 0 spiro atoms. The number of hydrogen-bond acceptors (Lipinski definition) is 5. The standard InChI is InChI=1S/C21H16N2O3S/c1-13-18(19(23-26-13)15-6-4-3-5-7-15)20-22-17(21(24)25-20)12-14-8-10-16(27-2)11-9-14/h3-12,22H,1H2,2H3/b17-12-,20-18?. The molecule has 0 bridgehead atoms. The molecule has 0 unspecified atom stereocenters. The monoisotopic (exact) mass is 376 g/mol. The molecule has 134 valence electrons. The summed E-state index contributed by atoms with van der Waals surface area (Å²) in [6, 6.07) is 17.4. The Balaban J connectivity index is 1.94. The lowest BCUT2D eigenvalue weighted by atomic mass is 10.1. The van der Waals surface area contributed by atoms with Crippen LogP contribution in [0.5, 0.6) is 0 Å². The molecule has 5 nitrogen and oxygen atoms in total. The first-order chi connectivity index (χ1) is 13.2. The van der Waals surface area contributed by atoms with Crippen molar-refractivity contribution in [2.75, 3.05) is 6.26 Å². The van der Waals surface area contributed by atoms with Crippen molar-refractivity contribution in [3.63, 3.8) is 0 Å². The largest absolute Gasteiger partial charge is 0.404 e. The lowest BCUT2D eigenvalue weighted by Crippen LogP contribution is -2.20. The lowest BCUT2D eigenvalue weighted by molar-refractivity contribution is 0.396. The molecule has 27 heavy (non-hydrogen) atoms. The molecule has 0 radical (unpaired) electrons. The number of thioether (sulfide) groups is 1. The highest BCUT2D eigenvalue weighted by atomic mass is 32.2. The van der Waals surface area contributed by atoms with E-state index >= 15 is 0 Å². The summed E-state index contributed by atoms with van der Waals surface area (Å²) in [5.41, 5.74) is 2.46. The van der Waals surface area contributed by atoms with Gasteiger partial charge in [0.1, 0.15) is 16.3 Å². The molecule has 0 aliphatic carbocycles. The molecular weight excluding hydrogens is 360 g/mol. The number of nitrogens with zero attached hydrogens (tertiary/aromatic N) is 1. The number of hydrogen-bond donors (Lipinski definition) is 1. The van der Waals surface area contributed by atoms with Crippen molar-refractivity contribution in [1.29, 1.82) is 0 Å². The number of aromatic amines is 1. The van der Waals surface area contributed by atoms with Gasteiger partial charge in [0.25, 0.3) is 0 Å². The van der Waals surface area contributed by atoms with Gasteiger partial charge in [0.15, 0.2) is 5.42 Å². The summed E-state index contributed by atoms with van der Waals surface area (Å²) in [5.74, 6) is 0. The molecule has 0 aliphatic heterocycles. The fraction of sp³-hybridized carbons (Fsp3) is 0.0476. The van der Waals surface area contributed by atoms with Gasteiger partial charge in [-0.25, -0.2) is 4.79 Å². The highest BCUT2D eigenvalue weighted by Gasteiger charge is 2.09.